The SMILES string of the molecule is COCCN1C[C@@H](n2ccc(F)c2)[C@H](NCNc2c(C)c(-c3cnc(C4(F)CCC4)nc3)nn2-c2ccccc2)C1. The Morgan fingerprint density at radius 1 is 1.10 bits per heavy atom. The molecule has 9 nitrogen and oxygen atoms in total. The molecule has 1 aromatic carbocycles. The minimum Gasteiger partial charge on any atom is -0.383 e. The molecule has 2 atom stereocenters. The first-order valence-electron chi connectivity index (χ1n) is 14.1. The van der Waals surface area contributed by atoms with Crippen LogP contribution in [0.5, 0.6) is 0 Å². The smallest absolute Gasteiger partial charge is 0.170 e. The number of nitrogens with one attached hydrogen (secondary N) is 2. The topological polar surface area (TPSA) is 85.1 Å². The summed E-state index contributed by atoms with van der Waals surface area (Å²) in [5, 5.41) is 12.1. The maximum absolute atomic E-state index is 14.8. The van der Waals surface area contributed by atoms with E-state index >= 15 is 0 Å². The van der Waals surface area contributed by atoms with E-state index in [0.717, 1.165) is 54.4 Å². The minimum atomic E-state index is -1.40. The fourth-order valence-electron chi connectivity index (χ4n) is 5.76. The molecule has 6 rings (SSSR count). The van der Waals surface area contributed by atoms with E-state index < -0.39 is 5.67 Å². The van der Waals surface area contributed by atoms with E-state index in [4.69, 9.17) is 9.84 Å². The van der Waals surface area contributed by atoms with Gasteiger partial charge in [-0.15, -0.1) is 0 Å². The number of hydrogen-bond donors (Lipinski definition) is 2. The van der Waals surface area contributed by atoms with Crippen molar-refractivity contribution in [2.45, 2.75) is 43.9 Å². The molecule has 0 spiro atoms. The molecule has 0 bridgehead atoms. The quantitative estimate of drug-likeness (QED) is 0.261. The van der Waals surface area contributed by atoms with Gasteiger partial charge in [0.05, 0.1) is 25.0 Å². The molecule has 3 aromatic heterocycles. The largest absolute Gasteiger partial charge is 0.383 e. The maximum atomic E-state index is 14.8. The molecule has 41 heavy (non-hydrogen) atoms. The lowest BCUT2D eigenvalue weighted by Gasteiger charge is -2.31. The predicted molar refractivity (Wildman–Crippen MR) is 153 cm³/mol. The van der Waals surface area contributed by atoms with Crippen molar-refractivity contribution in [1.82, 2.24) is 34.5 Å². The van der Waals surface area contributed by atoms with Gasteiger partial charge in [0.1, 0.15) is 17.3 Å². The van der Waals surface area contributed by atoms with Gasteiger partial charge in [0.25, 0.3) is 0 Å². The van der Waals surface area contributed by atoms with Gasteiger partial charge in [0.2, 0.25) is 0 Å². The van der Waals surface area contributed by atoms with Gasteiger partial charge in [-0.25, -0.2) is 23.4 Å². The lowest BCUT2D eigenvalue weighted by atomic mass is 9.81. The molecule has 1 saturated carbocycles. The van der Waals surface area contributed by atoms with Crippen LogP contribution in [0.4, 0.5) is 14.6 Å². The summed E-state index contributed by atoms with van der Waals surface area (Å²) in [4.78, 5) is 11.1. The van der Waals surface area contributed by atoms with Crippen molar-refractivity contribution in [3.63, 3.8) is 0 Å². The molecule has 1 aliphatic heterocycles. The second kappa shape index (κ2) is 11.7. The zero-order valence-corrected chi connectivity index (χ0v) is 23.4. The zero-order chi connectivity index (χ0) is 28.4. The van der Waals surface area contributed by atoms with Crippen LogP contribution in [0.3, 0.4) is 0 Å². The fourth-order valence-corrected chi connectivity index (χ4v) is 5.76. The Hall–Kier alpha value is -3.67. The highest BCUT2D eigenvalue weighted by Crippen LogP contribution is 2.43. The van der Waals surface area contributed by atoms with Crippen LogP contribution in [0.25, 0.3) is 16.9 Å². The Kier molecular flexibility index (Phi) is 7.83. The normalized spacial score (nSPS) is 20.3. The van der Waals surface area contributed by atoms with Gasteiger partial charge in [0.15, 0.2) is 11.5 Å². The number of likely N-dealkylation sites (tertiary alicyclic amines) is 1. The zero-order valence-electron chi connectivity index (χ0n) is 23.4. The molecule has 4 aromatic rings. The Labute approximate surface area is 238 Å². The van der Waals surface area contributed by atoms with Crippen molar-refractivity contribution in [1.29, 1.82) is 0 Å². The van der Waals surface area contributed by atoms with Crippen LogP contribution in [0.1, 0.15) is 36.7 Å². The summed E-state index contributed by atoms with van der Waals surface area (Å²) in [6, 6.07) is 11.6. The van der Waals surface area contributed by atoms with Crippen LogP contribution in [0.15, 0.2) is 61.2 Å². The number of nitrogens with zero attached hydrogens (tertiary/aromatic N) is 6. The van der Waals surface area contributed by atoms with Crippen LogP contribution in [-0.4, -0.2) is 75.3 Å². The number of halogens is 2. The number of benzene rings is 1. The second-order valence-electron chi connectivity index (χ2n) is 10.9. The molecule has 1 aliphatic carbocycles. The lowest BCUT2D eigenvalue weighted by molar-refractivity contribution is 0.0507. The number of hydrogen-bond acceptors (Lipinski definition) is 7. The minimum absolute atomic E-state index is 0.0824. The Bertz CT molecular complexity index is 1450. The molecular weight excluding hydrogens is 526 g/mol. The average Bonchev–Trinajstić information content (AvgIpc) is 3.68. The molecule has 2 N–H and O–H groups in total. The molecule has 4 heterocycles. The average molecular weight is 563 g/mol. The van der Waals surface area contributed by atoms with Crippen molar-refractivity contribution in [3.8, 4) is 16.9 Å². The summed E-state index contributed by atoms with van der Waals surface area (Å²) in [6.45, 7) is 5.56. The van der Waals surface area contributed by atoms with E-state index in [9.17, 15) is 8.78 Å². The number of rotatable bonds is 11. The highest BCUT2D eigenvalue weighted by atomic mass is 19.1. The molecule has 0 unspecified atom stereocenters. The first-order chi connectivity index (χ1) is 19.9. The van der Waals surface area contributed by atoms with Crippen LogP contribution in [0.2, 0.25) is 0 Å². The monoisotopic (exact) mass is 562 g/mol. The predicted octanol–water partition coefficient (Wildman–Crippen LogP) is 4.46. The summed E-state index contributed by atoms with van der Waals surface area (Å²) in [5.74, 6) is 0.850. The van der Waals surface area contributed by atoms with Gasteiger partial charge in [-0.05, 0) is 44.4 Å². The molecule has 0 amide bonds. The van der Waals surface area contributed by atoms with Crippen molar-refractivity contribution >= 4 is 5.82 Å². The van der Waals surface area contributed by atoms with Gasteiger partial charge >= 0.3 is 0 Å². The Balaban J connectivity index is 1.22. The molecule has 216 valence electrons. The first-order valence-corrected chi connectivity index (χ1v) is 14.1. The highest BCUT2D eigenvalue weighted by molar-refractivity contribution is 5.69. The summed E-state index contributed by atoms with van der Waals surface area (Å²) >= 11 is 0. The summed E-state index contributed by atoms with van der Waals surface area (Å²) < 4.78 is 37.8. The van der Waals surface area contributed by atoms with E-state index in [1.807, 2.05) is 46.5 Å². The number of methoxy groups -OCH3 is 1. The Morgan fingerprint density at radius 2 is 1.88 bits per heavy atom. The van der Waals surface area contributed by atoms with Crippen molar-refractivity contribution < 1.29 is 13.5 Å². The van der Waals surface area contributed by atoms with Crippen LogP contribution >= 0.6 is 0 Å². The van der Waals surface area contributed by atoms with Gasteiger partial charge in [-0.1, -0.05) is 18.2 Å². The molecule has 11 heteroatoms. The maximum Gasteiger partial charge on any atom is 0.170 e. The van der Waals surface area contributed by atoms with Crippen molar-refractivity contribution in [3.05, 3.63) is 78.4 Å². The molecule has 2 aliphatic rings. The van der Waals surface area contributed by atoms with E-state index in [0.29, 0.717) is 26.1 Å². The molecule has 2 fully saturated rings. The number of anilines is 1. The summed E-state index contributed by atoms with van der Waals surface area (Å²) in [7, 11) is 1.70. The third-order valence-corrected chi connectivity index (χ3v) is 8.25. The third kappa shape index (κ3) is 5.61. The van der Waals surface area contributed by atoms with E-state index in [2.05, 4.69) is 25.5 Å². The molecular formula is C30H36F2N8O. The number of aromatic nitrogens is 5. The van der Waals surface area contributed by atoms with Crippen LogP contribution in [-0.2, 0) is 10.4 Å². The third-order valence-electron chi connectivity index (χ3n) is 8.25. The van der Waals surface area contributed by atoms with Gasteiger partial charge in [-0.3, -0.25) is 10.2 Å². The summed E-state index contributed by atoms with van der Waals surface area (Å²) in [6.07, 6.45) is 8.49. The Morgan fingerprint density at radius 3 is 2.54 bits per heavy atom. The number of para-hydroxylation sites is 1. The second-order valence-corrected chi connectivity index (χ2v) is 10.9. The molecule has 1 saturated heterocycles. The fraction of sp³-hybridized carbons (Fsp3) is 0.433. The van der Waals surface area contributed by atoms with Crippen LogP contribution < -0.4 is 10.6 Å². The number of ether oxygens (including phenoxy) is 1. The van der Waals surface area contributed by atoms with Crippen molar-refractivity contribution in [2.24, 2.45) is 0 Å². The standard InChI is InChI=1S/C30H36F2N8O/c1-21-27(22-15-33-29(34-16-22)30(32)10-6-11-30)37-40(24-7-4-3-5-8-24)28(21)36-20-35-25-18-38(13-14-41-2)19-26(25)39-12-9-23(31)17-39/h3-5,7-9,12,15-17,25-26,35-36H,6,10-11,13-14,18-20H2,1-2H3/t25-,26-/m1/s1. The van der Waals surface area contributed by atoms with Gasteiger partial charge in [-0.2, -0.15) is 5.10 Å². The van der Waals surface area contributed by atoms with E-state index in [-0.39, 0.29) is 23.7 Å². The van der Waals surface area contributed by atoms with E-state index in [1.165, 1.54) is 6.07 Å². The first kappa shape index (κ1) is 27.5. The number of alkyl halides is 1. The lowest BCUT2D eigenvalue weighted by Crippen LogP contribution is -2.40. The van der Waals surface area contributed by atoms with Crippen LogP contribution in [0, 0.1) is 12.7 Å². The van der Waals surface area contributed by atoms with Gasteiger partial charge < -0.3 is 14.6 Å². The van der Waals surface area contributed by atoms with Gasteiger partial charge in [0, 0.05) is 68.7 Å². The van der Waals surface area contributed by atoms with Crippen molar-refractivity contribution in [2.75, 3.05) is 45.3 Å². The highest BCUT2D eigenvalue weighted by Gasteiger charge is 2.41. The van der Waals surface area contributed by atoms with E-state index in [1.54, 1.807) is 31.9 Å². The summed E-state index contributed by atoms with van der Waals surface area (Å²) in [5.41, 5.74) is 1.91. The molecule has 0 radical (unpaired) electrons.